The van der Waals surface area contributed by atoms with Crippen LogP contribution in [0.3, 0.4) is 0 Å². The Balaban J connectivity index is 1.50. The number of pyridine rings is 1. The van der Waals surface area contributed by atoms with Gasteiger partial charge in [-0.25, -0.2) is 9.07 Å². The molecule has 1 N–H and O–H groups in total. The molecule has 1 aliphatic rings. The van der Waals surface area contributed by atoms with Crippen molar-refractivity contribution in [3.05, 3.63) is 87.2 Å². The van der Waals surface area contributed by atoms with E-state index in [4.69, 9.17) is 0 Å². The maximum atomic E-state index is 13.4. The number of tetrazole rings is 1. The number of hydrogen-bond donors (Lipinski definition) is 1. The van der Waals surface area contributed by atoms with Gasteiger partial charge in [-0.15, -0.1) is 5.10 Å². The third kappa shape index (κ3) is 5.64. The normalized spacial score (nSPS) is 15.5. The number of hydrogen-bond acceptors (Lipinski definition) is 5. The molecule has 0 spiro atoms. The number of nitrogens with zero attached hydrogens (tertiary/aromatic N) is 5. The van der Waals surface area contributed by atoms with Crippen LogP contribution in [0.2, 0.25) is 0 Å². The fourth-order valence-electron chi connectivity index (χ4n) is 5.63. The van der Waals surface area contributed by atoms with Gasteiger partial charge in [-0.05, 0) is 83.0 Å². The predicted octanol–water partition coefficient (Wildman–Crippen LogP) is 5.55. The number of fused-ring (bicyclic) bond motifs is 1. The van der Waals surface area contributed by atoms with Crippen molar-refractivity contribution in [3.63, 3.8) is 0 Å². The van der Waals surface area contributed by atoms with E-state index in [1.54, 1.807) is 12.1 Å². The third-order valence-electron chi connectivity index (χ3n) is 7.68. The Labute approximate surface area is 216 Å². The molecule has 0 bridgehead atoms. The van der Waals surface area contributed by atoms with Crippen molar-refractivity contribution >= 4 is 10.9 Å². The first-order valence-corrected chi connectivity index (χ1v) is 13.5. The molecule has 1 fully saturated rings. The highest BCUT2D eigenvalue weighted by molar-refractivity contribution is 5.79. The first kappa shape index (κ1) is 25.3. The van der Waals surface area contributed by atoms with Gasteiger partial charge in [-0.3, -0.25) is 9.69 Å². The van der Waals surface area contributed by atoms with Gasteiger partial charge >= 0.3 is 0 Å². The topological polar surface area (TPSA) is 79.7 Å². The number of aromatic nitrogens is 5. The Morgan fingerprint density at radius 1 is 1.05 bits per heavy atom. The second-order valence-corrected chi connectivity index (χ2v) is 10.1. The van der Waals surface area contributed by atoms with Crippen molar-refractivity contribution in [1.29, 1.82) is 0 Å². The highest BCUT2D eigenvalue weighted by Gasteiger charge is 2.32. The van der Waals surface area contributed by atoms with E-state index in [2.05, 4.69) is 57.5 Å². The number of aryl methyl sites for hydroxylation is 1. The molecule has 2 aromatic carbocycles. The summed E-state index contributed by atoms with van der Waals surface area (Å²) < 4.78 is 15.3. The van der Waals surface area contributed by atoms with Gasteiger partial charge in [-0.1, -0.05) is 51.3 Å². The molecule has 37 heavy (non-hydrogen) atoms. The van der Waals surface area contributed by atoms with Crippen molar-refractivity contribution in [3.8, 4) is 0 Å². The van der Waals surface area contributed by atoms with Gasteiger partial charge in [0.1, 0.15) is 5.82 Å². The minimum Gasteiger partial charge on any atom is -0.322 e. The van der Waals surface area contributed by atoms with Crippen LogP contribution in [0.4, 0.5) is 4.39 Å². The zero-order valence-electron chi connectivity index (χ0n) is 21.7. The molecule has 0 radical (unpaired) electrons. The van der Waals surface area contributed by atoms with Crippen LogP contribution >= 0.6 is 0 Å². The van der Waals surface area contributed by atoms with E-state index in [0.29, 0.717) is 19.1 Å². The summed E-state index contributed by atoms with van der Waals surface area (Å²) in [6.45, 7) is 5.29. The molecular weight excluding hydrogens is 467 g/mol. The molecule has 0 aliphatic heterocycles. The summed E-state index contributed by atoms with van der Waals surface area (Å²) in [4.78, 5) is 18.7. The first-order chi connectivity index (χ1) is 18.1. The molecule has 0 unspecified atom stereocenters. The van der Waals surface area contributed by atoms with Crippen LogP contribution in [0.15, 0.2) is 53.3 Å². The van der Waals surface area contributed by atoms with E-state index in [9.17, 15) is 9.18 Å². The lowest BCUT2D eigenvalue weighted by Gasteiger charge is -2.39. The smallest absolute Gasteiger partial charge is 0.252 e. The molecule has 194 valence electrons. The lowest BCUT2D eigenvalue weighted by Crippen LogP contribution is -2.41. The number of benzene rings is 2. The number of rotatable bonds is 9. The van der Waals surface area contributed by atoms with Gasteiger partial charge in [0.25, 0.3) is 5.56 Å². The molecule has 1 atom stereocenters. The summed E-state index contributed by atoms with van der Waals surface area (Å²) in [7, 11) is 0. The van der Waals surface area contributed by atoms with Crippen LogP contribution in [-0.4, -0.2) is 36.1 Å². The molecule has 2 aromatic heterocycles. The van der Waals surface area contributed by atoms with Crippen LogP contribution in [0.1, 0.15) is 80.9 Å². The number of H-pyrrole nitrogens is 1. The molecule has 0 saturated heterocycles. The fraction of sp³-hybridized carbons (Fsp3) is 0.448. The summed E-state index contributed by atoms with van der Waals surface area (Å²) in [5, 5.41) is 13.8. The summed E-state index contributed by atoms with van der Waals surface area (Å²) >= 11 is 0. The van der Waals surface area contributed by atoms with Crippen LogP contribution in [0.25, 0.3) is 10.9 Å². The summed E-state index contributed by atoms with van der Waals surface area (Å²) in [6, 6.07) is 15.0. The van der Waals surface area contributed by atoms with Gasteiger partial charge in [0, 0.05) is 23.7 Å². The minimum atomic E-state index is -0.262. The Morgan fingerprint density at radius 2 is 1.81 bits per heavy atom. The predicted molar refractivity (Wildman–Crippen MR) is 143 cm³/mol. The fourth-order valence-corrected chi connectivity index (χ4v) is 5.63. The summed E-state index contributed by atoms with van der Waals surface area (Å²) in [5.41, 5.74) is 3.78. The Bertz CT molecular complexity index is 1390. The van der Waals surface area contributed by atoms with Crippen molar-refractivity contribution < 1.29 is 4.39 Å². The van der Waals surface area contributed by atoms with Crippen LogP contribution in [0.5, 0.6) is 0 Å². The van der Waals surface area contributed by atoms with Crippen molar-refractivity contribution in [2.45, 2.75) is 84.0 Å². The summed E-state index contributed by atoms with van der Waals surface area (Å²) in [6.07, 6.45) is 7.58. The van der Waals surface area contributed by atoms with Gasteiger partial charge in [-0.2, -0.15) is 0 Å². The van der Waals surface area contributed by atoms with Crippen molar-refractivity contribution in [2.75, 3.05) is 0 Å². The molecule has 0 amide bonds. The van der Waals surface area contributed by atoms with E-state index in [0.717, 1.165) is 53.5 Å². The molecule has 1 saturated carbocycles. The quantitative estimate of drug-likeness (QED) is 0.325. The van der Waals surface area contributed by atoms with Gasteiger partial charge in [0.05, 0.1) is 12.6 Å². The monoisotopic (exact) mass is 502 g/mol. The average molecular weight is 503 g/mol. The zero-order chi connectivity index (χ0) is 25.8. The molecule has 7 nitrogen and oxygen atoms in total. The van der Waals surface area contributed by atoms with Gasteiger partial charge < -0.3 is 4.98 Å². The van der Waals surface area contributed by atoms with E-state index in [-0.39, 0.29) is 17.4 Å². The standard InChI is InChI=1S/C29H35FN6O/c1-3-20-12-15-26-22(16-20)17-23(29(37)31-26)19-35(25-8-6-5-7-9-25)27(4-2)28-32-33-34-36(28)18-21-10-13-24(30)14-11-21/h10-17,25,27H,3-9,18-19H2,1-2H3,(H,31,37)/t27-/m0/s1. The van der Waals surface area contributed by atoms with Gasteiger partial charge in [0.2, 0.25) is 0 Å². The van der Waals surface area contributed by atoms with Crippen LogP contribution in [-0.2, 0) is 19.5 Å². The zero-order valence-corrected chi connectivity index (χ0v) is 21.7. The number of nitrogens with one attached hydrogen (secondary N) is 1. The maximum Gasteiger partial charge on any atom is 0.252 e. The average Bonchev–Trinajstić information content (AvgIpc) is 3.38. The largest absolute Gasteiger partial charge is 0.322 e. The van der Waals surface area contributed by atoms with Crippen LogP contribution < -0.4 is 5.56 Å². The molecule has 5 rings (SSSR count). The van der Waals surface area contributed by atoms with Crippen LogP contribution in [0, 0.1) is 5.82 Å². The van der Waals surface area contributed by atoms with Crippen molar-refractivity contribution in [1.82, 2.24) is 30.1 Å². The Kier molecular flexibility index (Phi) is 7.74. The second-order valence-electron chi connectivity index (χ2n) is 10.1. The highest BCUT2D eigenvalue weighted by Crippen LogP contribution is 2.33. The summed E-state index contributed by atoms with van der Waals surface area (Å²) in [5.74, 6) is 0.519. The second kappa shape index (κ2) is 11.3. The molecular formula is C29H35FN6O. The van der Waals surface area contributed by atoms with E-state index >= 15 is 0 Å². The molecule has 4 aromatic rings. The first-order valence-electron chi connectivity index (χ1n) is 13.5. The third-order valence-corrected chi connectivity index (χ3v) is 7.68. The highest BCUT2D eigenvalue weighted by atomic mass is 19.1. The lowest BCUT2D eigenvalue weighted by atomic mass is 9.92. The minimum absolute atomic E-state index is 0.0432. The molecule has 2 heterocycles. The Morgan fingerprint density at radius 3 is 2.54 bits per heavy atom. The maximum absolute atomic E-state index is 13.4. The van der Waals surface area contributed by atoms with E-state index < -0.39 is 0 Å². The van der Waals surface area contributed by atoms with Gasteiger partial charge in [0.15, 0.2) is 5.82 Å². The Hall–Kier alpha value is -3.39. The van der Waals surface area contributed by atoms with E-state index in [1.165, 1.54) is 37.0 Å². The number of aromatic amines is 1. The van der Waals surface area contributed by atoms with E-state index in [1.807, 2.05) is 10.7 Å². The lowest BCUT2D eigenvalue weighted by molar-refractivity contribution is 0.0844. The number of halogens is 1. The molecule has 8 heteroatoms. The van der Waals surface area contributed by atoms with Crippen molar-refractivity contribution in [2.24, 2.45) is 0 Å². The SMILES string of the molecule is CCc1ccc2[nH]c(=O)c(CN(C3CCCCC3)[C@@H](CC)c3nnnn3Cc3ccc(F)cc3)cc2c1. The molecule has 1 aliphatic carbocycles.